The number of nitrogens with zero attached hydrogens (tertiary/aromatic N) is 3. The smallest absolute Gasteiger partial charge is 0.329 e. The van der Waals surface area contributed by atoms with Gasteiger partial charge in [0.25, 0.3) is 0 Å². The molecule has 4 fully saturated rings. The highest BCUT2D eigenvalue weighted by Crippen LogP contribution is 2.35. The first kappa shape index (κ1) is 62.3. The third kappa shape index (κ3) is 24.0. The van der Waals surface area contributed by atoms with Crippen LogP contribution in [0, 0.1) is 58.2 Å². The minimum Gasteiger partial charge on any atom is -0.465 e. The van der Waals surface area contributed by atoms with Crippen molar-refractivity contribution in [2.45, 2.75) is 208 Å². The van der Waals surface area contributed by atoms with Crippen LogP contribution in [0.1, 0.15) is 208 Å². The predicted molar refractivity (Wildman–Crippen MR) is 287 cm³/mol. The monoisotopic (exact) mass is 1070 g/mol. The Labute approximate surface area is 454 Å². The van der Waals surface area contributed by atoms with E-state index in [1.165, 1.54) is 28.2 Å². The Morgan fingerprint density at radius 2 is 0.671 bits per heavy atom. The van der Waals surface area contributed by atoms with Crippen LogP contribution in [0.25, 0.3) is 0 Å². The maximum atomic E-state index is 13.7. The summed E-state index contributed by atoms with van der Waals surface area (Å²) in [6, 6.07) is -0.527. The molecule has 0 aliphatic heterocycles. The molecule has 16 nitrogen and oxygen atoms in total. The average Bonchev–Trinajstić information content (AvgIpc) is 3.97. The zero-order valence-corrected chi connectivity index (χ0v) is 47.5. The summed E-state index contributed by atoms with van der Waals surface area (Å²) < 4.78 is 35.8. The van der Waals surface area contributed by atoms with Gasteiger partial charge in [0, 0.05) is 51.2 Å². The second-order valence-electron chi connectivity index (χ2n) is 25.0. The van der Waals surface area contributed by atoms with Crippen LogP contribution >= 0.6 is 0 Å². The molecule has 0 aromatic carbocycles. The van der Waals surface area contributed by atoms with Crippen molar-refractivity contribution in [1.82, 2.24) is 14.5 Å². The molecule has 4 aliphatic rings. The number of hydrogen-bond acceptors (Lipinski definition) is 14. The van der Waals surface area contributed by atoms with Crippen molar-refractivity contribution in [3.05, 3.63) is 18.7 Å². The van der Waals surface area contributed by atoms with Gasteiger partial charge in [-0.1, -0.05) is 130 Å². The number of amides is 1. The summed E-state index contributed by atoms with van der Waals surface area (Å²) in [5.74, 6) is 2.15. The first-order valence-electron chi connectivity index (χ1n) is 29.5. The van der Waals surface area contributed by atoms with Crippen LogP contribution in [0.15, 0.2) is 18.7 Å². The van der Waals surface area contributed by atoms with E-state index >= 15 is 0 Å². The topological polar surface area (TPSA) is 196 Å². The van der Waals surface area contributed by atoms with E-state index in [1.807, 2.05) is 0 Å². The lowest BCUT2D eigenvalue weighted by Crippen LogP contribution is -2.40. The average molecular weight is 1070 g/mol. The van der Waals surface area contributed by atoms with Gasteiger partial charge in [-0.3, -0.25) is 33.3 Å². The number of hydrogen-bond donors (Lipinski definition) is 0. The maximum absolute atomic E-state index is 13.7. The molecule has 1 aromatic heterocycles. The lowest BCUT2D eigenvalue weighted by molar-refractivity contribution is -0.163. The molecule has 0 spiro atoms. The normalized spacial score (nSPS) is 25.4. The summed E-state index contributed by atoms with van der Waals surface area (Å²) >= 11 is 0. The molecular formula is C60H97N3O13. The van der Waals surface area contributed by atoms with Gasteiger partial charge in [-0.15, -0.1) is 0 Å². The van der Waals surface area contributed by atoms with Gasteiger partial charge < -0.3 is 33.3 Å². The van der Waals surface area contributed by atoms with Crippen molar-refractivity contribution in [1.29, 1.82) is 0 Å². The second kappa shape index (κ2) is 32.4. The van der Waals surface area contributed by atoms with Gasteiger partial charge in [0.15, 0.2) is 0 Å². The van der Waals surface area contributed by atoms with Crippen molar-refractivity contribution in [3.63, 3.8) is 0 Å². The van der Waals surface area contributed by atoms with Gasteiger partial charge in [-0.2, -0.15) is 0 Å². The SMILES string of the molecule is CC1CCC(CCC(=O)OCC(C)(COC(=O)CCC2CCC(C)CC2)COC(=O)CCN(CCC(=O)OCC(C)(COC(=O)CCC2CCC(C)CC2)COC(=O)CCC2CCC(C)CC2)C(=O)n2ccnc2)CC1. The van der Waals surface area contributed by atoms with Crippen LogP contribution in [0.4, 0.5) is 4.79 Å². The Hall–Kier alpha value is -4.50. The van der Waals surface area contributed by atoms with Gasteiger partial charge in [0.05, 0.1) is 23.7 Å². The van der Waals surface area contributed by atoms with Crippen molar-refractivity contribution < 1.29 is 62.0 Å². The molecule has 0 N–H and O–H groups in total. The standard InChI is InChI=1S/C60H97N3O13/c1-44-7-15-48(16-8-44)23-27-52(64)71-37-59(5,38-72-53(65)28-24-49-17-9-45(2)10-18-49)41-75-56(68)31-34-62(58(70)63-36-33-61-43-63)35-32-57(69)76-42-60(6,39-73-54(66)29-25-50-19-11-46(3)12-20-50)40-74-55(67)30-26-51-21-13-47(4)14-22-51/h33,36,43-51H,7-32,34-35,37-42H2,1-6H3. The molecule has 430 valence electrons. The predicted octanol–water partition coefficient (Wildman–Crippen LogP) is 11.6. The molecule has 0 bridgehead atoms. The van der Waals surface area contributed by atoms with E-state index < -0.39 is 28.8 Å². The number of rotatable bonds is 30. The molecule has 1 heterocycles. The van der Waals surface area contributed by atoms with Crippen LogP contribution in [-0.2, 0) is 57.2 Å². The summed E-state index contributed by atoms with van der Waals surface area (Å²) in [5.41, 5.74) is -2.07. The van der Waals surface area contributed by atoms with Gasteiger partial charge in [-0.25, -0.2) is 9.78 Å². The van der Waals surface area contributed by atoms with E-state index in [0.717, 1.165) is 128 Å². The van der Waals surface area contributed by atoms with Gasteiger partial charge in [-0.05, 0) is 86.9 Å². The highest BCUT2D eigenvalue weighted by atomic mass is 16.6. The molecule has 4 saturated carbocycles. The van der Waals surface area contributed by atoms with E-state index in [9.17, 15) is 33.6 Å². The molecule has 0 radical (unpaired) electrons. The fraction of sp³-hybridized carbons (Fsp3) is 0.833. The van der Waals surface area contributed by atoms with Crippen molar-refractivity contribution in [3.8, 4) is 0 Å². The van der Waals surface area contributed by atoms with E-state index in [2.05, 4.69) is 32.7 Å². The van der Waals surface area contributed by atoms with E-state index in [-0.39, 0.29) is 115 Å². The van der Waals surface area contributed by atoms with Gasteiger partial charge in [0.1, 0.15) is 46.0 Å². The van der Waals surface area contributed by atoms with E-state index in [4.69, 9.17) is 28.4 Å². The zero-order valence-electron chi connectivity index (χ0n) is 47.5. The largest absolute Gasteiger partial charge is 0.465 e. The highest BCUT2D eigenvalue weighted by Gasteiger charge is 2.34. The van der Waals surface area contributed by atoms with Crippen molar-refractivity contribution >= 4 is 41.8 Å². The fourth-order valence-electron chi connectivity index (χ4n) is 11.3. The van der Waals surface area contributed by atoms with Crippen molar-refractivity contribution in [2.24, 2.45) is 58.2 Å². The lowest BCUT2D eigenvalue weighted by Gasteiger charge is -2.29. The van der Waals surface area contributed by atoms with Crippen LogP contribution in [0.5, 0.6) is 0 Å². The molecule has 0 atom stereocenters. The summed E-state index contributed by atoms with van der Waals surface area (Å²) in [7, 11) is 0. The molecule has 4 aliphatic carbocycles. The zero-order chi connectivity index (χ0) is 54.9. The number of imidazole rings is 1. The minimum absolute atomic E-state index is 0.118. The Balaban J connectivity index is 1.13. The first-order chi connectivity index (χ1) is 36.3. The van der Waals surface area contributed by atoms with Gasteiger partial charge in [0.2, 0.25) is 0 Å². The Bertz CT molecular complexity index is 1730. The third-order valence-corrected chi connectivity index (χ3v) is 17.2. The summed E-state index contributed by atoms with van der Waals surface area (Å²) in [6.45, 7) is 11.4. The third-order valence-electron chi connectivity index (χ3n) is 17.2. The van der Waals surface area contributed by atoms with E-state index in [1.54, 1.807) is 13.8 Å². The van der Waals surface area contributed by atoms with Crippen molar-refractivity contribution in [2.75, 3.05) is 52.7 Å². The number of esters is 6. The Morgan fingerprint density at radius 3 is 0.908 bits per heavy atom. The number of aromatic nitrogens is 2. The quantitative estimate of drug-likeness (QED) is 0.0521. The van der Waals surface area contributed by atoms with Crippen LogP contribution < -0.4 is 0 Å². The van der Waals surface area contributed by atoms with Crippen LogP contribution in [0.3, 0.4) is 0 Å². The Kier molecular flexibility index (Phi) is 26.6. The second-order valence-corrected chi connectivity index (χ2v) is 25.0. The fourth-order valence-corrected chi connectivity index (χ4v) is 11.3. The molecule has 5 rings (SSSR count). The lowest BCUT2D eigenvalue weighted by atomic mass is 9.81. The maximum Gasteiger partial charge on any atom is 0.329 e. The molecule has 0 unspecified atom stereocenters. The van der Waals surface area contributed by atoms with Crippen LogP contribution in [0.2, 0.25) is 0 Å². The first-order valence-corrected chi connectivity index (χ1v) is 29.5. The molecule has 0 saturated heterocycles. The highest BCUT2D eigenvalue weighted by molar-refractivity contribution is 5.79. The molecule has 76 heavy (non-hydrogen) atoms. The summed E-state index contributed by atoms with van der Waals surface area (Å²) in [6.07, 6.45) is 26.1. The molecule has 16 heteroatoms. The summed E-state index contributed by atoms with van der Waals surface area (Å²) in [4.78, 5) is 98.0. The Morgan fingerprint density at radius 1 is 0.421 bits per heavy atom. The number of ether oxygens (including phenoxy) is 6. The number of carbonyl (C=O) groups excluding carboxylic acids is 7. The minimum atomic E-state index is -1.04. The molecule has 1 aromatic rings. The van der Waals surface area contributed by atoms with E-state index in [0.29, 0.717) is 47.3 Å². The summed E-state index contributed by atoms with van der Waals surface area (Å²) in [5, 5.41) is 0. The van der Waals surface area contributed by atoms with Gasteiger partial charge >= 0.3 is 41.8 Å². The molecule has 1 amide bonds. The molecular weight excluding hydrogens is 971 g/mol. The van der Waals surface area contributed by atoms with Crippen LogP contribution in [-0.4, -0.2) is 109 Å². The number of carbonyl (C=O) groups is 7.